The Morgan fingerprint density at radius 2 is 1.77 bits per heavy atom. The molecular formula is C16H21N3O3. The Kier molecular flexibility index (Phi) is 5.27. The van der Waals surface area contributed by atoms with Gasteiger partial charge in [-0.05, 0) is 25.6 Å². The third-order valence-corrected chi connectivity index (χ3v) is 3.57. The van der Waals surface area contributed by atoms with Crippen LogP contribution in [0.5, 0.6) is 0 Å². The van der Waals surface area contributed by atoms with Gasteiger partial charge in [0.2, 0.25) is 5.91 Å². The molecule has 3 amide bonds. The monoisotopic (exact) mass is 303 g/mol. The molecule has 1 heterocycles. The van der Waals surface area contributed by atoms with Gasteiger partial charge >= 0.3 is 0 Å². The van der Waals surface area contributed by atoms with Gasteiger partial charge in [-0.2, -0.15) is 0 Å². The van der Waals surface area contributed by atoms with Crippen molar-refractivity contribution in [3.8, 4) is 0 Å². The van der Waals surface area contributed by atoms with E-state index in [-0.39, 0.29) is 30.8 Å². The zero-order valence-corrected chi connectivity index (χ0v) is 13.0. The van der Waals surface area contributed by atoms with E-state index in [4.69, 9.17) is 0 Å². The molecule has 1 aliphatic rings. The fourth-order valence-corrected chi connectivity index (χ4v) is 2.36. The van der Waals surface area contributed by atoms with E-state index in [2.05, 4.69) is 5.32 Å². The van der Waals surface area contributed by atoms with Crippen LogP contribution in [0, 0.1) is 0 Å². The van der Waals surface area contributed by atoms with E-state index >= 15 is 0 Å². The molecule has 0 aliphatic carbocycles. The zero-order valence-electron chi connectivity index (χ0n) is 13.0. The summed E-state index contributed by atoms with van der Waals surface area (Å²) in [4.78, 5) is 39.0. The van der Waals surface area contributed by atoms with E-state index in [9.17, 15) is 14.4 Å². The third-order valence-electron chi connectivity index (χ3n) is 3.57. The second-order valence-electron chi connectivity index (χ2n) is 5.40. The van der Waals surface area contributed by atoms with Gasteiger partial charge in [0.15, 0.2) is 0 Å². The highest BCUT2D eigenvalue weighted by atomic mass is 16.2. The fraction of sp³-hybridized carbons (Fsp3) is 0.438. The molecular weight excluding hydrogens is 282 g/mol. The number of carbonyl (C=O) groups is 3. The van der Waals surface area contributed by atoms with Crippen molar-refractivity contribution in [1.29, 1.82) is 0 Å². The largest absolute Gasteiger partial charge is 0.355 e. The maximum atomic E-state index is 12.2. The summed E-state index contributed by atoms with van der Waals surface area (Å²) in [5.74, 6) is -0.569. The van der Waals surface area contributed by atoms with E-state index in [1.165, 1.54) is 4.90 Å². The minimum absolute atomic E-state index is 0.0493. The minimum Gasteiger partial charge on any atom is -0.355 e. The van der Waals surface area contributed by atoms with Crippen LogP contribution in [0.15, 0.2) is 24.3 Å². The molecule has 0 aromatic heterocycles. The number of rotatable bonds is 7. The Bertz CT molecular complexity index is 551. The van der Waals surface area contributed by atoms with Gasteiger partial charge < -0.3 is 5.32 Å². The Balaban J connectivity index is 1.87. The SMILES string of the molecule is CCCNC(=O)CN(C)CCN1C(=O)c2ccccc2C1=O. The van der Waals surface area contributed by atoms with Crippen molar-refractivity contribution >= 4 is 17.7 Å². The van der Waals surface area contributed by atoms with E-state index in [1.54, 1.807) is 36.2 Å². The molecule has 0 bridgehead atoms. The number of fused-ring (bicyclic) bond motifs is 1. The number of hydrogen-bond acceptors (Lipinski definition) is 4. The van der Waals surface area contributed by atoms with Gasteiger partial charge in [-0.25, -0.2) is 0 Å². The molecule has 6 nitrogen and oxygen atoms in total. The lowest BCUT2D eigenvalue weighted by atomic mass is 10.1. The Morgan fingerprint density at radius 3 is 2.32 bits per heavy atom. The maximum Gasteiger partial charge on any atom is 0.261 e. The molecule has 0 saturated carbocycles. The lowest BCUT2D eigenvalue weighted by Gasteiger charge is -2.20. The van der Waals surface area contributed by atoms with Crippen LogP contribution < -0.4 is 5.32 Å². The lowest BCUT2D eigenvalue weighted by Crippen LogP contribution is -2.41. The number of nitrogens with zero attached hydrogens (tertiary/aromatic N) is 2. The smallest absolute Gasteiger partial charge is 0.261 e. The summed E-state index contributed by atoms with van der Waals surface area (Å²) >= 11 is 0. The molecule has 0 saturated heterocycles. The number of nitrogens with one attached hydrogen (secondary N) is 1. The molecule has 1 N–H and O–H groups in total. The van der Waals surface area contributed by atoms with Gasteiger partial charge in [-0.1, -0.05) is 19.1 Å². The van der Waals surface area contributed by atoms with Gasteiger partial charge in [0.05, 0.1) is 17.7 Å². The molecule has 0 atom stereocenters. The zero-order chi connectivity index (χ0) is 16.1. The van der Waals surface area contributed by atoms with Crippen molar-refractivity contribution in [3.63, 3.8) is 0 Å². The van der Waals surface area contributed by atoms with Crippen LogP contribution in [0.3, 0.4) is 0 Å². The van der Waals surface area contributed by atoms with Crippen LogP contribution in [0.25, 0.3) is 0 Å². The van der Waals surface area contributed by atoms with Crippen molar-refractivity contribution in [2.24, 2.45) is 0 Å². The normalized spacial score (nSPS) is 13.7. The number of benzene rings is 1. The summed E-state index contributed by atoms with van der Waals surface area (Å²) in [6.45, 7) is 3.65. The topological polar surface area (TPSA) is 69.7 Å². The molecule has 0 spiro atoms. The predicted octanol–water partition coefficient (Wildman–Crippen LogP) is 0.741. The van der Waals surface area contributed by atoms with Gasteiger partial charge in [0.1, 0.15) is 0 Å². The van der Waals surface area contributed by atoms with E-state index in [0.29, 0.717) is 24.2 Å². The number of hydrogen-bond donors (Lipinski definition) is 1. The van der Waals surface area contributed by atoms with Crippen molar-refractivity contribution in [2.75, 3.05) is 33.2 Å². The second-order valence-corrected chi connectivity index (χ2v) is 5.40. The second kappa shape index (κ2) is 7.17. The van der Waals surface area contributed by atoms with Gasteiger partial charge in [-0.3, -0.25) is 24.2 Å². The summed E-state index contributed by atoms with van der Waals surface area (Å²) in [6.07, 6.45) is 0.893. The van der Waals surface area contributed by atoms with Crippen LogP contribution in [-0.2, 0) is 4.79 Å². The highest BCUT2D eigenvalue weighted by Crippen LogP contribution is 2.21. The molecule has 1 aromatic carbocycles. The van der Waals surface area contributed by atoms with Crippen LogP contribution in [0.1, 0.15) is 34.1 Å². The summed E-state index contributed by atoms with van der Waals surface area (Å²) in [5.41, 5.74) is 0.909. The van der Waals surface area contributed by atoms with E-state index in [0.717, 1.165) is 6.42 Å². The molecule has 1 aliphatic heterocycles. The summed E-state index contributed by atoms with van der Waals surface area (Å²) in [6, 6.07) is 6.82. The predicted molar refractivity (Wildman–Crippen MR) is 82.6 cm³/mol. The summed E-state index contributed by atoms with van der Waals surface area (Å²) in [7, 11) is 1.80. The standard InChI is InChI=1S/C16H21N3O3/c1-3-8-17-14(20)11-18(2)9-10-19-15(21)12-6-4-5-7-13(12)16(19)22/h4-7H,3,8-11H2,1-2H3,(H,17,20). The first-order valence-corrected chi connectivity index (χ1v) is 7.45. The third kappa shape index (κ3) is 3.51. The first kappa shape index (κ1) is 16.2. The molecule has 1 aromatic rings. The van der Waals surface area contributed by atoms with Crippen molar-refractivity contribution in [3.05, 3.63) is 35.4 Å². The van der Waals surface area contributed by atoms with Crippen molar-refractivity contribution in [2.45, 2.75) is 13.3 Å². The van der Waals surface area contributed by atoms with Crippen molar-refractivity contribution < 1.29 is 14.4 Å². The average Bonchev–Trinajstić information content (AvgIpc) is 2.75. The molecule has 2 rings (SSSR count). The Hall–Kier alpha value is -2.21. The Labute approximate surface area is 130 Å². The molecule has 118 valence electrons. The highest BCUT2D eigenvalue weighted by Gasteiger charge is 2.34. The van der Waals surface area contributed by atoms with Crippen LogP contribution in [0.2, 0.25) is 0 Å². The van der Waals surface area contributed by atoms with Gasteiger partial charge in [0, 0.05) is 19.6 Å². The summed E-state index contributed by atoms with van der Waals surface area (Å²) < 4.78 is 0. The van der Waals surface area contributed by atoms with Gasteiger partial charge in [0.25, 0.3) is 11.8 Å². The molecule has 0 fully saturated rings. The van der Waals surface area contributed by atoms with Crippen LogP contribution in [-0.4, -0.2) is 60.7 Å². The van der Waals surface area contributed by atoms with Crippen LogP contribution in [0.4, 0.5) is 0 Å². The summed E-state index contributed by atoms with van der Waals surface area (Å²) in [5, 5.41) is 2.79. The Morgan fingerprint density at radius 1 is 1.18 bits per heavy atom. The molecule has 0 radical (unpaired) electrons. The lowest BCUT2D eigenvalue weighted by molar-refractivity contribution is -0.121. The molecule has 0 unspecified atom stereocenters. The van der Waals surface area contributed by atoms with Crippen LogP contribution >= 0.6 is 0 Å². The quantitative estimate of drug-likeness (QED) is 0.754. The number of imide groups is 1. The first-order chi connectivity index (χ1) is 10.5. The molecule has 22 heavy (non-hydrogen) atoms. The van der Waals surface area contributed by atoms with Gasteiger partial charge in [-0.15, -0.1) is 0 Å². The first-order valence-electron chi connectivity index (χ1n) is 7.45. The van der Waals surface area contributed by atoms with Crippen molar-refractivity contribution in [1.82, 2.24) is 15.1 Å². The van der Waals surface area contributed by atoms with E-state index < -0.39 is 0 Å². The van der Waals surface area contributed by atoms with E-state index in [1.807, 2.05) is 6.92 Å². The number of likely N-dealkylation sites (N-methyl/N-ethyl adjacent to an activating group) is 1. The average molecular weight is 303 g/mol. The molecule has 6 heteroatoms. The number of carbonyl (C=O) groups excluding carboxylic acids is 3. The maximum absolute atomic E-state index is 12.2. The number of amides is 3. The highest BCUT2D eigenvalue weighted by molar-refractivity contribution is 6.21. The fourth-order valence-electron chi connectivity index (χ4n) is 2.36. The minimum atomic E-state index is -0.260.